The monoisotopic (exact) mass is 327 g/mol. The smallest absolute Gasteiger partial charge is 0.231 e. The van der Waals surface area contributed by atoms with Gasteiger partial charge in [-0.15, -0.1) is 0 Å². The summed E-state index contributed by atoms with van der Waals surface area (Å²) in [6.45, 7) is 3.37. The average Bonchev–Trinajstić information content (AvgIpc) is 3.04. The number of hydrogen-bond acceptors (Lipinski definition) is 4. The van der Waals surface area contributed by atoms with Crippen molar-refractivity contribution in [2.24, 2.45) is 0 Å². The molecular formula is C19H21NO4. The lowest BCUT2D eigenvalue weighted by Crippen LogP contribution is -2.27. The van der Waals surface area contributed by atoms with E-state index in [4.69, 9.17) is 14.2 Å². The fourth-order valence-corrected chi connectivity index (χ4v) is 2.58. The number of fused-ring (bicyclic) bond motifs is 1. The Kier molecular flexibility index (Phi) is 4.89. The molecule has 0 bridgehead atoms. The fraction of sp³-hybridized carbons (Fsp3) is 0.316. The molecule has 1 heterocycles. The zero-order chi connectivity index (χ0) is 16.9. The molecule has 5 heteroatoms. The van der Waals surface area contributed by atoms with Crippen molar-refractivity contribution in [2.45, 2.75) is 19.9 Å². The molecule has 0 aromatic heterocycles. The van der Waals surface area contributed by atoms with E-state index in [0.29, 0.717) is 19.6 Å². The Bertz CT molecular complexity index is 712. The zero-order valence-corrected chi connectivity index (χ0v) is 14.0. The van der Waals surface area contributed by atoms with Gasteiger partial charge in [0.25, 0.3) is 0 Å². The highest BCUT2D eigenvalue weighted by Crippen LogP contribution is 2.32. The number of rotatable bonds is 6. The van der Waals surface area contributed by atoms with E-state index in [1.807, 2.05) is 56.4 Å². The van der Waals surface area contributed by atoms with Crippen molar-refractivity contribution in [3.63, 3.8) is 0 Å². The Morgan fingerprint density at radius 1 is 1.08 bits per heavy atom. The van der Waals surface area contributed by atoms with Gasteiger partial charge in [0.1, 0.15) is 5.75 Å². The molecule has 0 unspecified atom stereocenters. The van der Waals surface area contributed by atoms with Crippen molar-refractivity contribution in [3.05, 3.63) is 53.6 Å². The van der Waals surface area contributed by atoms with E-state index in [0.717, 1.165) is 28.4 Å². The van der Waals surface area contributed by atoms with Crippen LogP contribution in [0.3, 0.4) is 0 Å². The second-order valence-electron chi connectivity index (χ2n) is 5.69. The molecule has 1 amide bonds. The number of benzene rings is 2. The van der Waals surface area contributed by atoms with Crippen LogP contribution >= 0.6 is 0 Å². The Morgan fingerprint density at radius 2 is 1.79 bits per heavy atom. The number of likely N-dealkylation sites (N-methyl/N-ethyl adjacent to an activating group) is 1. The maximum atomic E-state index is 12.4. The normalized spacial score (nSPS) is 12.1. The number of hydrogen-bond donors (Lipinski definition) is 0. The van der Waals surface area contributed by atoms with Gasteiger partial charge in [0, 0.05) is 13.6 Å². The molecule has 0 radical (unpaired) electrons. The summed E-state index contributed by atoms with van der Waals surface area (Å²) in [7, 11) is 1.81. The van der Waals surface area contributed by atoms with E-state index in [2.05, 4.69) is 0 Å². The second kappa shape index (κ2) is 7.25. The first kappa shape index (κ1) is 16.2. The van der Waals surface area contributed by atoms with E-state index < -0.39 is 0 Å². The van der Waals surface area contributed by atoms with Crippen LogP contribution in [0.15, 0.2) is 42.5 Å². The van der Waals surface area contributed by atoms with Crippen molar-refractivity contribution in [3.8, 4) is 17.2 Å². The molecule has 3 rings (SSSR count). The van der Waals surface area contributed by atoms with Crippen LogP contribution in [-0.4, -0.2) is 31.3 Å². The summed E-state index contributed by atoms with van der Waals surface area (Å²) in [4.78, 5) is 14.1. The van der Waals surface area contributed by atoms with Crippen LogP contribution in [0.2, 0.25) is 0 Å². The summed E-state index contributed by atoms with van der Waals surface area (Å²) in [5.41, 5.74) is 1.99. The Morgan fingerprint density at radius 3 is 2.54 bits per heavy atom. The summed E-state index contributed by atoms with van der Waals surface area (Å²) in [6.07, 6.45) is 0.369. The predicted octanol–water partition coefficient (Wildman–Crippen LogP) is 3.02. The molecular weight excluding hydrogens is 306 g/mol. The third kappa shape index (κ3) is 3.79. The Labute approximate surface area is 141 Å². The predicted molar refractivity (Wildman–Crippen MR) is 90.4 cm³/mol. The molecule has 0 spiro atoms. The highest BCUT2D eigenvalue weighted by molar-refractivity contribution is 5.78. The van der Waals surface area contributed by atoms with Crippen LogP contribution in [0.25, 0.3) is 0 Å². The number of nitrogens with zero attached hydrogens (tertiary/aromatic N) is 1. The molecule has 24 heavy (non-hydrogen) atoms. The van der Waals surface area contributed by atoms with Crippen LogP contribution in [0, 0.1) is 0 Å². The summed E-state index contributed by atoms with van der Waals surface area (Å²) >= 11 is 0. The van der Waals surface area contributed by atoms with Gasteiger partial charge in [0.05, 0.1) is 13.0 Å². The van der Waals surface area contributed by atoms with Crippen molar-refractivity contribution in [2.75, 3.05) is 20.4 Å². The lowest BCUT2D eigenvalue weighted by Gasteiger charge is -2.17. The van der Waals surface area contributed by atoms with Gasteiger partial charge in [-0.05, 0) is 42.3 Å². The molecule has 0 fully saturated rings. The molecule has 0 N–H and O–H groups in total. The molecule has 2 aromatic rings. The van der Waals surface area contributed by atoms with E-state index in [-0.39, 0.29) is 12.7 Å². The Hall–Kier alpha value is -2.69. The molecule has 5 nitrogen and oxygen atoms in total. The highest BCUT2D eigenvalue weighted by atomic mass is 16.7. The Balaban J connectivity index is 1.58. The van der Waals surface area contributed by atoms with Gasteiger partial charge in [0.15, 0.2) is 11.5 Å². The van der Waals surface area contributed by atoms with E-state index in [1.54, 1.807) is 4.90 Å². The van der Waals surface area contributed by atoms with Gasteiger partial charge < -0.3 is 19.1 Å². The summed E-state index contributed by atoms with van der Waals surface area (Å²) in [6, 6.07) is 13.4. The minimum Gasteiger partial charge on any atom is -0.494 e. The molecule has 0 saturated heterocycles. The van der Waals surface area contributed by atoms with E-state index in [9.17, 15) is 4.79 Å². The lowest BCUT2D eigenvalue weighted by molar-refractivity contribution is -0.129. The second-order valence-corrected chi connectivity index (χ2v) is 5.69. The average molecular weight is 327 g/mol. The highest BCUT2D eigenvalue weighted by Gasteiger charge is 2.15. The van der Waals surface area contributed by atoms with Gasteiger partial charge >= 0.3 is 0 Å². The minimum atomic E-state index is 0.0665. The largest absolute Gasteiger partial charge is 0.494 e. The summed E-state index contributed by atoms with van der Waals surface area (Å²) in [5, 5.41) is 0. The summed E-state index contributed by atoms with van der Waals surface area (Å²) < 4.78 is 16.1. The molecule has 2 aromatic carbocycles. The fourth-order valence-electron chi connectivity index (χ4n) is 2.58. The molecule has 0 atom stereocenters. The molecule has 1 aliphatic rings. The first-order valence-corrected chi connectivity index (χ1v) is 8.00. The number of amides is 1. The first-order valence-electron chi connectivity index (χ1n) is 8.00. The number of carbonyl (C=O) groups excluding carboxylic acids is 1. The minimum absolute atomic E-state index is 0.0665. The standard InChI is InChI=1S/C19H21NO4/c1-3-22-16-7-4-14(5-8-16)11-19(21)20(2)12-15-6-9-17-18(10-15)24-13-23-17/h4-10H,3,11-13H2,1-2H3. The van der Waals surface area contributed by atoms with Gasteiger partial charge in [0.2, 0.25) is 12.7 Å². The summed E-state index contributed by atoms with van der Waals surface area (Å²) in [5.74, 6) is 2.38. The number of ether oxygens (including phenoxy) is 3. The van der Waals surface area contributed by atoms with Gasteiger partial charge in [-0.1, -0.05) is 18.2 Å². The van der Waals surface area contributed by atoms with E-state index >= 15 is 0 Å². The van der Waals surface area contributed by atoms with Gasteiger partial charge in [-0.2, -0.15) is 0 Å². The maximum absolute atomic E-state index is 12.4. The topological polar surface area (TPSA) is 48.0 Å². The zero-order valence-electron chi connectivity index (χ0n) is 14.0. The first-order chi connectivity index (χ1) is 11.7. The third-order valence-electron chi connectivity index (χ3n) is 3.87. The van der Waals surface area contributed by atoms with Crippen LogP contribution in [0.1, 0.15) is 18.1 Å². The van der Waals surface area contributed by atoms with Crippen LogP contribution in [0.5, 0.6) is 17.2 Å². The van der Waals surface area contributed by atoms with Crippen LogP contribution in [-0.2, 0) is 17.8 Å². The van der Waals surface area contributed by atoms with Crippen LogP contribution < -0.4 is 14.2 Å². The van der Waals surface area contributed by atoms with Gasteiger partial charge in [-0.25, -0.2) is 0 Å². The quantitative estimate of drug-likeness (QED) is 0.818. The van der Waals surface area contributed by atoms with Crippen molar-refractivity contribution in [1.82, 2.24) is 4.90 Å². The number of carbonyl (C=O) groups is 1. The molecule has 0 saturated carbocycles. The third-order valence-corrected chi connectivity index (χ3v) is 3.87. The molecule has 0 aliphatic carbocycles. The van der Waals surface area contributed by atoms with Crippen molar-refractivity contribution in [1.29, 1.82) is 0 Å². The van der Waals surface area contributed by atoms with Crippen LogP contribution in [0.4, 0.5) is 0 Å². The van der Waals surface area contributed by atoms with Crippen molar-refractivity contribution >= 4 is 5.91 Å². The maximum Gasteiger partial charge on any atom is 0.231 e. The van der Waals surface area contributed by atoms with Crippen molar-refractivity contribution < 1.29 is 19.0 Å². The van der Waals surface area contributed by atoms with E-state index in [1.165, 1.54) is 0 Å². The SMILES string of the molecule is CCOc1ccc(CC(=O)N(C)Cc2ccc3c(c2)OCO3)cc1. The van der Waals surface area contributed by atoms with Gasteiger partial charge in [-0.3, -0.25) is 4.79 Å². The lowest BCUT2D eigenvalue weighted by atomic mass is 10.1. The molecule has 126 valence electrons. The molecule has 1 aliphatic heterocycles.